The number of aliphatic hydroxyl groups is 2. The molecule has 13 nitrogen and oxygen atoms in total. The summed E-state index contributed by atoms with van der Waals surface area (Å²) in [6.45, 7) is 7.78. The lowest BCUT2D eigenvalue weighted by molar-refractivity contribution is -0.256. The van der Waals surface area contributed by atoms with E-state index in [1.165, 1.54) is 44.9 Å². The van der Waals surface area contributed by atoms with Gasteiger partial charge >= 0.3 is 12.2 Å². The Labute approximate surface area is 439 Å². The monoisotopic (exact) mass is 1030 g/mol. The summed E-state index contributed by atoms with van der Waals surface area (Å²) < 4.78 is 32.7. The first-order chi connectivity index (χ1) is 35.8. The molecular weight excluding hydrogens is 946 g/mol. The van der Waals surface area contributed by atoms with Gasteiger partial charge in [-0.25, -0.2) is 9.59 Å². The Morgan fingerprint density at radius 2 is 1.67 bits per heavy atom. The summed E-state index contributed by atoms with van der Waals surface area (Å²) in [4.78, 5) is 36.5. The number of rotatable bonds is 30. The lowest BCUT2D eigenvalue weighted by atomic mass is 9.55. The number of allylic oxidation sites excluding steroid dienone is 1. The summed E-state index contributed by atoms with van der Waals surface area (Å²) >= 11 is 6.20. The minimum atomic E-state index is -1.54. The van der Waals surface area contributed by atoms with E-state index in [0.29, 0.717) is 49.6 Å². The third kappa shape index (κ3) is 14.8. The summed E-state index contributed by atoms with van der Waals surface area (Å²) in [5, 5.41) is 30.1. The predicted molar refractivity (Wildman–Crippen MR) is 287 cm³/mol. The molecule has 73 heavy (non-hydrogen) atoms. The predicted octanol–water partition coefficient (Wildman–Crippen LogP) is 12.9. The highest BCUT2D eigenvalue weighted by Crippen LogP contribution is 2.62. The van der Waals surface area contributed by atoms with Crippen LogP contribution in [-0.4, -0.2) is 96.6 Å². The van der Waals surface area contributed by atoms with Crippen molar-refractivity contribution in [3.05, 3.63) is 96.1 Å². The van der Waals surface area contributed by atoms with E-state index in [9.17, 15) is 19.8 Å². The van der Waals surface area contributed by atoms with Crippen molar-refractivity contribution in [2.75, 3.05) is 45.5 Å². The van der Waals surface area contributed by atoms with Gasteiger partial charge in [0.25, 0.3) is 0 Å². The molecule has 0 radical (unpaired) electrons. The third-order valence-electron chi connectivity index (χ3n) is 15.2. The Hall–Kier alpha value is -4.66. The Balaban J connectivity index is 1.31. The van der Waals surface area contributed by atoms with Crippen molar-refractivity contribution in [2.24, 2.45) is 22.9 Å². The maximum atomic E-state index is 14.9. The fourth-order valence-corrected chi connectivity index (χ4v) is 11.8. The largest absolute Gasteiger partial charge is 0.459 e. The summed E-state index contributed by atoms with van der Waals surface area (Å²) in [6.07, 6.45) is 21.5. The smallest absolute Gasteiger partial charge is 0.412 e. The summed E-state index contributed by atoms with van der Waals surface area (Å²) in [5.41, 5.74) is 3.28. The van der Waals surface area contributed by atoms with Gasteiger partial charge in [-0.3, -0.25) is 4.90 Å². The van der Waals surface area contributed by atoms with Gasteiger partial charge in [-0.2, -0.15) is 0 Å². The molecule has 1 saturated heterocycles. The third-order valence-corrected chi connectivity index (χ3v) is 15.4. The first-order valence-corrected chi connectivity index (χ1v) is 28.2. The quantitative estimate of drug-likeness (QED) is 0.0254. The van der Waals surface area contributed by atoms with Crippen LogP contribution < -0.4 is 14.8 Å². The maximum Gasteiger partial charge on any atom is 0.412 e. The van der Waals surface area contributed by atoms with E-state index in [1.54, 1.807) is 17.0 Å². The molecule has 7 unspecified atom stereocenters. The number of oxime groups is 1. The molecule has 0 aromatic heterocycles. The molecule has 7 rings (SSSR count). The van der Waals surface area contributed by atoms with E-state index in [4.69, 9.17) is 45.3 Å². The molecule has 4 aliphatic rings. The van der Waals surface area contributed by atoms with Gasteiger partial charge in [0.1, 0.15) is 24.1 Å². The molecule has 400 valence electrons. The molecular formula is C59H82ClN3O10. The average Bonchev–Trinajstić information content (AvgIpc) is 3.42. The average molecular weight is 1030 g/mol. The Morgan fingerprint density at radius 1 is 0.918 bits per heavy atom. The lowest BCUT2D eigenvalue weighted by Crippen LogP contribution is -2.70. The molecule has 3 aromatic carbocycles. The number of carbonyl (C=O) groups is 2. The number of carbonyl (C=O) groups excluding carboxylic acids is 2. The molecule has 7 atom stereocenters. The number of fused-ring (bicyclic) bond motifs is 3. The van der Waals surface area contributed by atoms with E-state index in [0.717, 1.165) is 85.3 Å². The molecule has 2 amide bonds. The topological polar surface area (TPSA) is 158 Å². The molecule has 0 spiro atoms. The second-order valence-electron chi connectivity index (χ2n) is 20.2. The van der Waals surface area contributed by atoms with Gasteiger partial charge in [-0.1, -0.05) is 137 Å². The Bertz CT molecular complexity index is 2260. The first-order valence-electron chi connectivity index (χ1n) is 27.6. The van der Waals surface area contributed by atoms with Gasteiger partial charge in [0.15, 0.2) is 0 Å². The van der Waals surface area contributed by atoms with Gasteiger partial charge in [0.2, 0.25) is 12.1 Å². The first kappa shape index (κ1) is 56.1. The minimum Gasteiger partial charge on any atom is -0.459 e. The molecule has 1 saturated carbocycles. The number of aliphatic hydroxyl groups excluding tert-OH is 2. The second kappa shape index (κ2) is 29.4. The number of hydrogen-bond acceptors (Lipinski definition) is 11. The summed E-state index contributed by atoms with van der Waals surface area (Å²) in [5.74, 6) is -1.46. The zero-order valence-corrected chi connectivity index (χ0v) is 44.1. The number of amides is 2. The van der Waals surface area contributed by atoms with Crippen molar-refractivity contribution in [3.8, 4) is 11.5 Å². The van der Waals surface area contributed by atoms with Crippen LogP contribution in [0.15, 0.2) is 90.1 Å². The van der Waals surface area contributed by atoms with Crippen molar-refractivity contribution < 1.29 is 48.3 Å². The van der Waals surface area contributed by atoms with Crippen molar-refractivity contribution in [3.63, 3.8) is 0 Å². The van der Waals surface area contributed by atoms with Crippen LogP contribution in [0.1, 0.15) is 152 Å². The number of alkyl halides is 1. The van der Waals surface area contributed by atoms with Crippen LogP contribution in [0.4, 0.5) is 9.59 Å². The lowest BCUT2D eigenvalue weighted by Gasteiger charge is -2.60. The van der Waals surface area contributed by atoms with Crippen molar-refractivity contribution >= 4 is 40.3 Å². The molecule has 3 N–H and O–H groups in total. The molecule has 2 fully saturated rings. The van der Waals surface area contributed by atoms with Gasteiger partial charge < -0.3 is 44.1 Å². The van der Waals surface area contributed by atoms with E-state index in [2.05, 4.69) is 43.1 Å². The van der Waals surface area contributed by atoms with E-state index < -0.39 is 36.2 Å². The molecule has 2 aliphatic heterocycles. The van der Waals surface area contributed by atoms with Gasteiger partial charge in [0, 0.05) is 44.1 Å². The van der Waals surface area contributed by atoms with Crippen LogP contribution in [0, 0.1) is 17.8 Å². The molecule has 0 bridgehead atoms. The molecule has 14 heteroatoms. The van der Waals surface area contributed by atoms with E-state index in [1.807, 2.05) is 36.4 Å². The van der Waals surface area contributed by atoms with Crippen LogP contribution in [0.3, 0.4) is 0 Å². The van der Waals surface area contributed by atoms with Crippen molar-refractivity contribution in [2.45, 2.75) is 166 Å². The standard InChI is InChI=1S/C59H82ClN3O10/c1-3-5-6-7-8-9-10-11-12-18-33-61-57(66)71-46-30-31-52-50(40-46)55-48(28-16-20-35-65)44(24-15-19-34-64)39-49-51(62-73-54-29-17-21-37-68-54)41-53(59(72-52,56(49)55)70-36-4-2)63(58(67)69-38-32-60)42-45-26-22-25-43-23-13-14-27-47(43)45/h4,13-14,22-23,25-27,30-31,39-40,44,48,53-56,64-65H,2-3,5-12,15-21,24,28-29,32-38,41-42H2,1H3,(H,61,66). The van der Waals surface area contributed by atoms with Crippen molar-refractivity contribution in [1.82, 2.24) is 10.2 Å². The highest BCUT2D eigenvalue weighted by molar-refractivity contribution is 6.18. The van der Waals surface area contributed by atoms with Crippen LogP contribution in [0.5, 0.6) is 11.5 Å². The fourth-order valence-electron chi connectivity index (χ4n) is 11.7. The molecule has 2 heterocycles. The number of benzene rings is 3. The number of ether oxygens (including phenoxy) is 5. The summed E-state index contributed by atoms with van der Waals surface area (Å²) in [6, 6.07) is 18.9. The number of hydrogen-bond donors (Lipinski definition) is 3. The van der Waals surface area contributed by atoms with Crippen LogP contribution in [0.25, 0.3) is 10.8 Å². The van der Waals surface area contributed by atoms with E-state index in [-0.39, 0.29) is 63.0 Å². The normalized spacial score (nSPS) is 23.7. The number of halogens is 1. The highest BCUT2D eigenvalue weighted by Gasteiger charge is 2.66. The van der Waals surface area contributed by atoms with Gasteiger partial charge in [-0.05, 0) is 96.9 Å². The second-order valence-corrected chi connectivity index (χ2v) is 20.6. The zero-order valence-electron chi connectivity index (χ0n) is 43.3. The Kier molecular flexibility index (Phi) is 22.6. The van der Waals surface area contributed by atoms with Gasteiger partial charge in [-0.15, -0.1) is 18.2 Å². The van der Waals surface area contributed by atoms with Crippen LogP contribution in [0.2, 0.25) is 0 Å². The number of unbranched alkanes of at least 4 members (excludes halogenated alkanes) is 11. The zero-order chi connectivity index (χ0) is 51.3. The molecule has 2 aliphatic carbocycles. The summed E-state index contributed by atoms with van der Waals surface area (Å²) in [7, 11) is 0. The number of nitrogens with zero attached hydrogens (tertiary/aromatic N) is 2. The van der Waals surface area contributed by atoms with Crippen LogP contribution >= 0.6 is 11.6 Å². The van der Waals surface area contributed by atoms with Gasteiger partial charge in [0.05, 0.1) is 37.3 Å². The van der Waals surface area contributed by atoms with Crippen molar-refractivity contribution in [1.29, 1.82) is 0 Å². The fraction of sp³-hybridized carbons (Fsp3) is 0.610. The highest BCUT2D eigenvalue weighted by atomic mass is 35.5. The van der Waals surface area contributed by atoms with E-state index >= 15 is 0 Å². The molecule has 3 aromatic rings. The SMILES string of the molecule is C=CCOC12Oc3ccc(OC(=O)NCCCCCCCCCCCC)cc3C3C(CCCCO)C(CCCCO)C=C(C(=NOC4CCCCO4)CC1N(Cc1cccc4ccccc14)C(=O)OCCCl)C32. The minimum absolute atomic E-state index is 0.00614. The van der Waals surface area contributed by atoms with Crippen LogP contribution in [-0.2, 0) is 25.6 Å². The Morgan fingerprint density at radius 3 is 2.41 bits per heavy atom. The number of nitrogens with one attached hydrogen (secondary N) is 1. The maximum absolute atomic E-state index is 14.9.